The smallest absolute Gasteiger partial charge is 0.128 e. The largest absolute Gasteiger partial charge is 0.370 e. The second kappa shape index (κ2) is 7.14. The van der Waals surface area contributed by atoms with Gasteiger partial charge in [-0.25, -0.2) is 4.98 Å². The summed E-state index contributed by atoms with van der Waals surface area (Å²) in [5.41, 5.74) is 1.23. The number of nitrogens with one attached hydrogen (secondary N) is 2. The predicted molar refractivity (Wildman–Crippen MR) is 84.5 cm³/mol. The van der Waals surface area contributed by atoms with Gasteiger partial charge in [0, 0.05) is 17.6 Å². The fourth-order valence-corrected chi connectivity index (χ4v) is 1.94. The van der Waals surface area contributed by atoms with Crippen LogP contribution in [0, 0.1) is 0 Å². The molecule has 0 saturated heterocycles. The fraction of sp³-hybridized carbons (Fsp3) is 0.267. The Morgan fingerprint density at radius 2 is 1.68 bits per heavy atom. The molecule has 1 aromatic carbocycles. The van der Waals surface area contributed by atoms with Crippen molar-refractivity contribution >= 4 is 27.6 Å². The SMILES string of the molecule is CCCNc1cccc(NCc2ccc(Br)cc2)n1. The number of hydrogen-bond donors (Lipinski definition) is 2. The molecule has 0 atom stereocenters. The van der Waals surface area contributed by atoms with Gasteiger partial charge in [0.2, 0.25) is 0 Å². The molecule has 0 aliphatic heterocycles. The number of aromatic nitrogens is 1. The molecule has 2 N–H and O–H groups in total. The van der Waals surface area contributed by atoms with Crippen LogP contribution in [0.25, 0.3) is 0 Å². The Balaban J connectivity index is 1.93. The Hall–Kier alpha value is -1.55. The number of rotatable bonds is 6. The topological polar surface area (TPSA) is 37.0 Å². The molecular weight excluding hydrogens is 302 g/mol. The van der Waals surface area contributed by atoms with E-state index in [1.54, 1.807) is 0 Å². The first-order chi connectivity index (χ1) is 9.28. The van der Waals surface area contributed by atoms with E-state index < -0.39 is 0 Å². The lowest BCUT2D eigenvalue weighted by molar-refractivity contribution is 0.968. The van der Waals surface area contributed by atoms with Crippen molar-refractivity contribution in [1.82, 2.24) is 4.98 Å². The Kier molecular flexibility index (Phi) is 5.21. The zero-order chi connectivity index (χ0) is 13.5. The summed E-state index contributed by atoms with van der Waals surface area (Å²) in [4.78, 5) is 4.51. The number of anilines is 2. The van der Waals surface area contributed by atoms with E-state index in [0.29, 0.717) is 0 Å². The van der Waals surface area contributed by atoms with Gasteiger partial charge in [0.05, 0.1) is 0 Å². The molecule has 0 amide bonds. The number of halogens is 1. The van der Waals surface area contributed by atoms with Crippen molar-refractivity contribution in [3.05, 3.63) is 52.5 Å². The van der Waals surface area contributed by atoms with Gasteiger partial charge in [-0.2, -0.15) is 0 Å². The Morgan fingerprint density at radius 3 is 2.37 bits per heavy atom. The van der Waals surface area contributed by atoms with Gasteiger partial charge in [-0.1, -0.05) is 41.1 Å². The molecule has 19 heavy (non-hydrogen) atoms. The highest BCUT2D eigenvalue weighted by molar-refractivity contribution is 9.10. The first-order valence-electron chi connectivity index (χ1n) is 6.47. The van der Waals surface area contributed by atoms with Gasteiger partial charge in [-0.05, 0) is 36.2 Å². The van der Waals surface area contributed by atoms with Crippen LogP contribution in [0.1, 0.15) is 18.9 Å². The molecule has 1 heterocycles. The van der Waals surface area contributed by atoms with E-state index in [0.717, 1.165) is 35.6 Å². The lowest BCUT2D eigenvalue weighted by atomic mass is 10.2. The van der Waals surface area contributed by atoms with Crippen LogP contribution in [0.2, 0.25) is 0 Å². The molecule has 0 saturated carbocycles. The Bertz CT molecular complexity index is 511. The standard InChI is InChI=1S/C15H18BrN3/c1-2-10-17-14-4-3-5-15(19-14)18-11-12-6-8-13(16)9-7-12/h3-9H,2,10-11H2,1H3,(H2,17,18,19). The van der Waals surface area contributed by atoms with Crippen molar-refractivity contribution < 1.29 is 0 Å². The molecule has 0 bridgehead atoms. The third-order valence-electron chi connectivity index (χ3n) is 2.69. The summed E-state index contributed by atoms with van der Waals surface area (Å²) >= 11 is 3.43. The summed E-state index contributed by atoms with van der Waals surface area (Å²) in [5.74, 6) is 1.81. The molecule has 2 rings (SSSR count). The minimum atomic E-state index is 0.775. The first-order valence-corrected chi connectivity index (χ1v) is 7.26. The van der Waals surface area contributed by atoms with Crippen molar-refractivity contribution in [3.63, 3.8) is 0 Å². The van der Waals surface area contributed by atoms with Crippen LogP contribution in [-0.2, 0) is 6.54 Å². The second-order valence-corrected chi connectivity index (χ2v) is 5.23. The molecule has 4 heteroatoms. The maximum atomic E-state index is 4.51. The van der Waals surface area contributed by atoms with E-state index in [9.17, 15) is 0 Å². The van der Waals surface area contributed by atoms with Crippen LogP contribution >= 0.6 is 15.9 Å². The summed E-state index contributed by atoms with van der Waals surface area (Å²) in [6.07, 6.45) is 1.10. The molecule has 3 nitrogen and oxygen atoms in total. The van der Waals surface area contributed by atoms with E-state index in [1.165, 1.54) is 5.56 Å². The van der Waals surface area contributed by atoms with Crippen LogP contribution < -0.4 is 10.6 Å². The highest BCUT2D eigenvalue weighted by Gasteiger charge is 1.97. The molecule has 2 aromatic rings. The highest BCUT2D eigenvalue weighted by atomic mass is 79.9. The van der Waals surface area contributed by atoms with Gasteiger partial charge in [0.25, 0.3) is 0 Å². The van der Waals surface area contributed by atoms with E-state index in [-0.39, 0.29) is 0 Å². The van der Waals surface area contributed by atoms with Crippen LogP contribution in [-0.4, -0.2) is 11.5 Å². The van der Waals surface area contributed by atoms with E-state index in [1.807, 2.05) is 30.3 Å². The van der Waals surface area contributed by atoms with Gasteiger partial charge in [0.15, 0.2) is 0 Å². The van der Waals surface area contributed by atoms with E-state index >= 15 is 0 Å². The minimum absolute atomic E-state index is 0.775. The van der Waals surface area contributed by atoms with Gasteiger partial charge >= 0.3 is 0 Å². The normalized spacial score (nSPS) is 10.2. The van der Waals surface area contributed by atoms with Crippen molar-refractivity contribution in [2.24, 2.45) is 0 Å². The number of hydrogen-bond acceptors (Lipinski definition) is 3. The van der Waals surface area contributed by atoms with Crippen molar-refractivity contribution in [2.45, 2.75) is 19.9 Å². The molecule has 0 aliphatic rings. The zero-order valence-electron chi connectivity index (χ0n) is 11.0. The van der Waals surface area contributed by atoms with E-state index in [4.69, 9.17) is 0 Å². The fourth-order valence-electron chi connectivity index (χ4n) is 1.68. The molecule has 0 aliphatic carbocycles. The average molecular weight is 320 g/mol. The number of pyridine rings is 1. The Labute approximate surface area is 122 Å². The first kappa shape index (κ1) is 13.9. The maximum Gasteiger partial charge on any atom is 0.128 e. The lowest BCUT2D eigenvalue weighted by Gasteiger charge is -2.08. The molecule has 0 spiro atoms. The zero-order valence-corrected chi connectivity index (χ0v) is 12.6. The number of benzene rings is 1. The third kappa shape index (κ3) is 4.56. The predicted octanol–water partition coefficient (Wildman–Crippen LogP) is 4.28. The minimum Gasteiger partial charge on any atom is -0.370 e. The van der Waals surface area contributed by atoms with Gasteiger partial charge in [0.1, 0.15) is 11.6 Å². The molecule has 1 aromatic heterocycles. The molecule has 0 fully saturated rings. The van der Waals surface area contributed by atoms with Crippen LogP contribution in [0.4, 0.5) is 11.6 Å². The summed E-state index contributed by atoms with van der Waals surface area (Å²) in [6.45, 7) is 3.86. The van der Waals surface area contributed by atoms with Crippen molar-refractivity contribution in [3.8, 4) is 0 Å². The molecule has 100 valence electrons. The quantitative estimate of drug-likeness (QED) is 0.834. The van der Waals surface area contributed by atoms with Gasteiger partial charge in [-0.15, -0.1) is 0 Å². The van der Waals surface area contributed by atoms with Crippen molar-refractivity contribution in [1.29, 1.82) is 0 Å². The number of nitrogens with zero attached hydrogens (tertiary/aromatic N) is 1. The maximum absolute atomic E-state index is 4.51. The van der Waals surface area contributed by atoms with Crippen LogP contribution in [0.5, 0.6) is 0 Å². The summed E-state index contributed by atoms with van der Waals surface area (Å²) in [5, 5.41) is 6.61. The van der Waals surface area contributed by atoms with Crippen molar-refractivity contribution in [2.75, 3.05) is 17.2 Å². The van der Waals surface area contributed by atoms with Gasteiger partial charge < -0.3 is 10.6 Å². The summed E-state index contributed by atoms with van der Waals surface area (Å²) < 4.78 is 1.10. The molecular formula is C15H18BrN3. The highest BCUT2D eigenvalue weighted by Crippen LogP contribution is 2.13. The second-order valence-electron chi connectivity index (χ2n) is 4.31. The summed E-state index contributed by atoms with van der Waals surface area (Å²) in [7, 11) is 0. The monoisotopic (exact) mass is 319 g/mol. The Morgan fingerprint density at radius 1 is 1.00 bits per heavy atom. The molecule has 0 unspecified atom stereocenters. The average Bonchev–Trinajstić information content (AvgIpc) is 2.45. The lowest BCUT2D eigenvalue weighted by Crippen LogP contribution is -2.05. The molecule has 0 radical (unpaired) electrons. The van der Waals surface area contributed by atoms with E-state index in [2.05, 4.69) is 50.6 Å². The van der Waals surface area contributed by atoms with Crippen LogP contribution in [0.15, 0.2) is 46.9 Å². The third-order valence-corrected chi connectivity index (χ3v) is 3.22. The summed E-state index contributed by atoms with van der Waals surface area (Å²) in [6, 6.07) is 14.3. The van der Waals surface area contributed by atoms with Gasteiger partial charge in [-0.3, -0.25) is 0 Å². The van der Waals surface area contributed by atoms with Crippen LogP contribution in [0.3, 0.4) is 0 Å².